The van der Waals surface area contributed by atoms with Crippen LogP contribution >= 0.6 is 0 Å². The molecule has 0 unspecified atom stereocenters. The van der Waals surface area contributed by atoms with Gasteiger partial charge in [-0.1, -0.05) is 18.2 Å². The molecule has 2 aromatic heterocycles. The molecule has 0 aliphatic carbocycles. The molecule has 0 radical (unpaired) electrons. The second-order valence-corrected chi connectivity index (χ2v) is 7.88. The van der Waals surface area contributed by atoms with E-state index in [4.69, 9.17) is 4.98 Å². The van der Waals surface area contributed by atoms with Gasteiger partial charge in [-0.25, -0.2) is 4.98 Å². The summed E-state index contributed by atoms with van der Waals surface area (Å²) in [4.78, 5) is 38.2. The average molecular weight is 386 g/mol. The summed E-state index contributed by atoms with van der Waals surface area (Å²) in [6.07, 6.45) is 4.82. The summed E-state index contributed by atoms with van der Waals surface area (Å²) in [5.41, 5.74) is 3.16. The zero-order valence-electron chi connectivity index (χ0n) is 16.3. The summed E-state index contributed by atoms with van der Waals surface area (Å²) in [6.45, 7) is 1.29. The Hall–Kier alpha value is -3.28. The van der Waals surface area contributed by atoms with Gasteiger partial charge in [0.25, 0.3) is 5.91 Å². The molecule has 1 aromatic carbocycles. The molecule has 0 N–H and O–H groups in total. The van der Waals surface area contributed by atoms with Crippen LogP contribution < -0.4 is 0 Å². The maximum absolute atomic E-state index is 13.5. The Balaban J connectivity index is 1.52. The predicted molar refractivity (Wildman–Crippen MR) is 110 cm³/mol. The third-order valence-electron chi connectivity index (χ3n) is 6.23. The molecule has 2 amide bonds. The highest BCUT2D eigenvalue weighted by atomic mass is 16.2. The van der Waals surface area contributed by atoms with E-state index in [-0.39, 0.29) is 23.8 Å². The molecular formula is C23H22N4O2. The molecule has 2 fully saturated rings. The van der Waals surface area contributed by atoms with Gasteiger partial charge in [-0.3, -0.25) is 14.6 Å². The molecule has 4 heterocycles. The first-order valence-electron chi connectivity index (χ1n) is 9.97. The van der Waals surface area contributed by atoms with E-state index in [2.05, 4.69) is 4.98 Å². The van der Waals surface area contributed by atoms with E-state index in [9.17, 15) is 9.59 Å². The summed E-state index contributed by atoms with van der Waals surface area (Å²) in [5, 5.41) is 0.858. The van der Waals surface area contributed by atoms with Crippen molar-refractivity contribution in [2.45, 2.75) is 18.9 Å². The van der Waals surface area contributed by atoms with E-state index in [0.717, 1.165) is 28.6 Å². The van der Waals surface area contributed by atoms with Crippen molar-refractivity contribution >= 4 is 22.7 Å². The van der Waals surface area contributed by atoms with Gasteiger partial charge in [0.15, 0.2) is 0 Å². The molecule has 2 aliphatic heterocycles. The zero-order chi connectivity index (χ0) is 20.0. The molecule has 2 atom stereocenters. The second kappa shape index (κ2) is 6.95. The van der Waals surface area contributed by atoms with Crippen molar-refractivity contribution in [2.24, 2.45) is 5.92 Å². The number of likely N-dealkylation sites (tertiary alicyclic amines) is 2. The molecule has 2 saturated heterocycles. The van der Waals surface area contributed by atoms with Gasteiger partial charge in [0.2, 0.25) is 5.91 Å². The van der Waals surface area contributed by atoms with E-state index in [1.165, 1.54) is 0 Å². The average Bonchev–Trinajstić information content (AvgIpc) is 3.06. The minimum Gasteiger partial charge on any atom is -0.342 e. The number of pyridine rings is 2. The molecule has 0 bridgehead atoms. The summed E-state index contributed by atoms with van der Waals surface area (Å²) in [6, 6.07) is 13.7. The summed E-state index contributed by atoms with van der Waals surface area (Å²) in [5.74, 6) is 0.418. The van der Waals surface area contributed by atoms with Gasteiger partial charge in [-0.05, 0) is 30.7 Å². The van der Waals surface area contributed by atoms with Crippen LogP contribution in [0.2, 0.25) is 0 Å². The molecule has 3 aromatic rings. The number of benzene rings is 1. The lowest BCUT2D eigenvalue weighted by atomic mass is 9.92. The van der Waals surface area contributed by atoms with E-state index in [1.807, 2.05) is 59.3 Å². The summed E-state index contributed by atoms with van der Waals surface area (Å²) in [7, 11) is 1.88. The molecule has 146 valence electrons. The quantitative estimate of drug-likeness (QED) is 0.679. The van der Waals surface area contributed by atoms with Gasteiger partial charge < -0.3 is 9.80 Å². The van der Waals surface area contributed by atoms with Crippen LogP contribution in [0.15, 0.2) is 54.9 Å². The maximum atomic E-state index is 13.5. The fourth-order valence-corrected chi connectivity index (χ4v) is 4.66. The minimum absolute atomic E-state index is 0.0133. The van der Waals surface area contributed by atoms with Gasteiger partial charge in [-0.15, -0.1) is 0 Å². The molecule has 5 rings (SSSR count). The number of carbonyl (C=O) groups is 2. The molecule has 0 saturated carbocycles. The van der Waals surface area contributed by atoms with Crippen LogP contribution in [0, 0.1) is 5.92 Å². The van der Waals surface area contributed by atoms with Crippen molar-refractivity contribution in [1.82, 2.24) is 19.8 Å². The number of para-hydroxylation sites is 1. The normalized spacial score (nSPS) is 21.5. The number of amides is 2. The fourth-order valence-electron chi connectivity index (χ4n) is 4.66. The van der Waals surface area contributed by atoms with E-state index in [1.54, 1.807) is 12.4 Å². The minimum atomic E-state index is 0.0133. The smallest absolute Gasteiger partial charge is 0.254 e. The van der Waals surface area contributed by atoms with Gasteiger partial charge in [-0.2, -0.15) is 0 Å². The number of piperidine rings is 1. The SMILES string of the molecule is CN1C(=O)C[C@@H]2CN(C(=O)c3cc(-c4ccncc4)nc4ccccc34)CC[C@@H]21. The van der Waals surface area contributed by atoms with Gasteiger partial charge >= 0.3 is 0 Å². The monoisotopic (exact) mass is 386 g/mol. The Morgan fingerprint density at radius 2 is 1.93 bits per heavy atom. The Morgan fingerprint density at radius 1 is 1.14 bits per heavy atom. The number of carbonyl (C=O) groups excluding carboxylic acids is 2. The lowest BCUT2D eigenvalue weighted by molar-refractivity contribution is -0.127. The highest BCUT2D eigenvalue weighted by Gasteiger charge is 2.42. The number of fused-ring (bicyclic) bond motifs is 2. The third kappa shape index (κ3) is 3.05. The van der Waals surface area contributed by atoms with Gasteiger partial charge in [0.05, 0.1) is 16.8 Å². The molecule has 2 aliphatic rings. The Morgan fingerprint density at radius 3 is 2.76 bits per heavy atom. The lowest BCUT2D eigenvalue weighted by Gasteiger charge is -2.36. The first kappa shape index (κ1) is 17.8. The highest BCUT2D eigenvalue weighted by molar-refractivity contribution is 6.07. The van der Waals surface area contributed by atoms with E-state index < -0.39 is 0 Å². The number of nitrogens with zero attached hydrogens (tertiary/aromatic N) is 4. The number of hydrogen-bond acceptors (Lipinski definition) is 4. The maximum Gasteiger partial charge on any atom is 0.254 e. The van der Waals surface area contributed by atoms with E-state index in [0.29, 0.717) is 25.1 Å². The van der Waals surface area contributed by atoms with Crippen molar-refractivity contribution in [1.29, 1.82) is 0 Å². The topological polar surface area (TPSA) is 66.4 Å². The van der Waals surface area contributed by atoms with Gasteiger partial charge in [0.1, 0.15) is 0 Å². The molecule has 6 nitrogen and oxygen atoms in total. The summed E-state index contributed by atoms with van der Waals surface area (Å²) >= 11 is 0. The van der Waals surface area contributed by atoms with Crippen molar-refractivity contribution in [3.05, 3.63) is 60.4 Å². The first-order valence-corrected chi connectivity index (χ1v) is 9.97. The first-order chi connectivity index (χ1) is 14.1. The molecule has 29 heavy (non-hydrogen) atoms. The molecule has 0 spiro atoms. The summed E-state index contributed by atoms with van der Waals surface area (Å²) < 4.78 is 0. The highest BCUT2D eigenvalue weighted by Crippen LogP contribution is 2.33. The van der Waals surface area contributed by atoms with Gasteiger partial charge in [0, 0.05) is 61.9 Å². The van der Waals surface area contributed by atoms with Crippen LogP contribution in [0.5, 0.6) is 0 Å². The Labute approximate surface area is 169 Å². The fraction of sp³-hybridized carbons (Fsp3) is 0.304. The van der Waals surface area contributed by atoms with Crippen LogP contribution in [0.3, 0.4) is 0 Å². The van der Waals surface area contributed by atoms with Crippen LogP contribution in [-0.2, 0) is 4.79 Å². The lowest BCUT2D eigenvalue weighted by Crippen LogP contribution is -2.47. The van der Waals surface area contributed by atoms with Crippen LogP contribution in [-0.4, -0.2) is 57.8 Å². The standard InChI is InChI=1S/C23H22N4O2/c1-26-21-8-11-27(14-16(21)12-22(26)28)23(29)18-13-20(15-6-9-24-10-7-15)25-19-5-3-2-4-17(18)19/h2-7,9-10,13,16,21H,8,11-12,14H2,1H3/t16-,21+/m1/s1. The van der Waals surface area contributed by atoms with Crippen molar-refractivity contribution in [2.75, 3.05) is 20.1 Å². The van der Waals surface area contributed by atoms with Crippen molar-refractivity contribution in [3.63, 3.8) is 0 Å². The Kier molecular flexibility index (Phi) is 4.27. The number of hydrogen-bond donors (Lipinski definition) is 0. The van der Waals surface area contributed by atoms with Crippen molar-refractivity contribution in [3.8, 4) is 11.3 Å². The van der Waals surface area contributed by atoms with Crippen LogP contribution in [0.4, 0.5) is 0 Å². The predicted octanol–water partition coefficient (Wildman–Crippen LogP) is 2.99. The molecule has 6 heteroatoms. The zero-order valence-corrected chi connectivity index (χ0v) is 16.3. The second-order valence-electron chi connectivity index (χ2n) is 7.88. The molecular weight excluding hydrogens is 364 g/mol. The largest absolute Gasteiger partial charge is 0.342 e. The van der Waals surface area contributed by atoms with E-state index >= 15 is 0 Å². The Bertz CT molecular complexity index is 1100. The third-order valence-corrected chi connectivity index (χ3v) is 6.23. The van der Waals surface area contributed by atoms with Crippen LogP contribution in [0.1, 0.15) is 23.2 Å². The number of rotatable bonds is 2. The van der Waals surface area contributed by atoms with Crippen molar-refractivity contribution < 1.29 is 9.59 Å². The number of aromatic nitrogens is 2. The van der Waals surface area contributed by atoms with Crippen LogP contribution in [0.25, 0.3) is 22.2 Å².